The van der Waals surface area contributed by atoms with Crippen LogP contribution in [0.5, 0.6) is 11.5 Å². The van der Waals surface area contributed by atoms with Crippen molar-refractivity contribution in [2.45, 2.75) is 17.7 Å². The molecule has 1 N–H and O–H groups in total. The number of rotatable bonds is 6. The second-order valence-electron chi connectivity index (χ2n) is 4.92. The molecule has 2 aromatic rings. The minimum absolute atomic E-state index is 0.131. The van der Waals surface area contributed by atoms with Gasteiger partial charge in [0.1, 0.15) is 0 Å². The summed E-state index contributed by atoms with van der Waals surface area (Å²) in [6.07, 6.45) is 0. The van der Waals surface area contributed by atoms with E-state index < -0.39 is 10.0 Å². The summed E-state index contributed by atoms with van der Waals surface area (Å²) >= 11 is 5.92. The van der Waals surface area contributed by atoms with E-state index in [4.69, 9.17) is 21.1 Å². The first-order chi connectivity index (χ1) is 10.9. The molecule has 0 amide bonds. The lowest BCUT2D eigenvalue weighted by Gasteiger charge is -2.15. The van der Waals surface area contributed by atoms with Crippen molar-refractivity contribution in [2.24, 2.45) is 0 Å². The Morgan fingerprint density at radius 1 is 1.04 bits per heavy atom. The number of alkyl halides is 1. The van der Waals surface area contributed by atoms with Crippen LogP contribution in [0.3, 0.4) is 0 Å². The largest absolute Gasteiger partial charge is 0.493 e. The van der Waals surface area contributed by atoms with Gasteiger partial charge in [-0.05, 0) is 30.7 Å². The van der Waals surface area contributed by atoms with E-state index in [-0.39, 0.29) is 10.8 Å². The van der Waals surface area contributed by atoms with E-state index in [0.29, 0.717) is 22.7 Å². The Morgan fingerprint density at radius 2 is 1.61 bits per heavy atom. The topological polar surface area (TPSA) is 64.6 Å². The molecule has 0 heterocycles. The first-order valence-electron chi connectivity index (χ1n) is 6.81. The SMILES string of the molecule is COc1cc(CCl)c(NS(=O)(=O)c2ccc(C)cc2)cc1OC. The molecule has 0 radical (unpaired) electrons. The summed E-state index contributed by atoms with van der Waals surface area (Å²) in [6, 6.07) is 9.80. The van der Waals surface area contributed by atoms with E-state index in [0.717, 1.165) is 5.56 Å². The van der Waals surface area contributed by atoms with Crippen LogP contribution < -0.4 is 14.2 Å². The third-order valence-corrected chi connectivity index (χ3v) is 5.00. The Morgan fingerprint density at radius 3 is 2.13 bits per heavy atom. The lowest BCUT2D eigenvalue weighted by atomic mass is 10.2. The minimum Gasteiger partial charge on any atom is -0.493 e. The first-order valence-corrected chi connectivity index (χ1v) is 8.83. The Hall–Kier alpha value is -1.92. The fourth-order valence-corrected chi connectivity index (χ4v) is 3.36. The van der Waals surface area contributed by atoms with Crippen molar-refractivity contribution in [3.8, 4) is 11.5 Å². The highest BCUT2D eigenvalue weighted by atomic mass is 35.5. The Balaban J connectivity index is 2.43. The average Bonchev–Trinajstić information content (AvgIpc) is 2.54. The summed E-state index contributed by atoms with van der Waals surface area (Å²) in [5.74, 6) is 1.04. The molecule has 0 unspecified atom stereocenters. The molecular weight excluding hydrogens is 338 g/mol. The molecule has 7 heteroatoms. The van der Waals surface area contributed by atoms with Gasteiger partial charge in [0.2, 0.25) is 0 Å². The zero-order chi connectivity index (χ0) is 17.0. The molecule has 2 aromatic carbocycles. The van der Waals surface area contributed by atoms with Crippen molar-refractivity contribution in [1.29, 1.82) is 0 Å². The van der Waals surface area contributed by atoms with Crippen LogP contribution >= 0.6 is 11.6 Å². The second kappa shape index (κ2) is 7.10. The van der Waals surface area contributed by atoms with Gasteiger partial charge in [0.05, 0.1) is 24.8 Å². The smallest absolute Gasteiger partial charge is 0.261 e. The van der Waals surface area contributed by atoms with Gasteiger partial charge in [-0.2, -0.15) is 0 Å². The van der Waals surface area contributed by atoms with Crippen LogP contribution in [0.2, 0.25) is 0 Å². The minimum atomic E-state index is -3.71. The number of benzene rings is 2. The summed E-state index contributed by atoms with van der Waals surface area (Å²) in [6.45, 7) is 1.89. The summed E-state index contributed by atoms with van der Waals surface area (Å²) < 4.78 is 38.0. The molecule has 0 bridgehead atoms. The van der Waals surface area contributed by atoms with Gasteiger partial charge in [0, 0.05) is 11.9 Å². The van der Waals surface area contributed by atoms with E-state index in [2.05, 4.69) is 4.72 Å². The average molecular weight is 356 g/mol. The maximum absolute atomic E-state index is 12.5. The molecule has 0 aromatic heterocycles. The lowest BCUT2D eigenvalue weighted by Crippen LogP contribution is -2.14. The second-order valence-corrected chi connectivity index (χ2v) is 6.87. The quantitative estimate of drug-likeness (QED) is 0.805. The number of aryl methyl sites for hydroxylation is 1. The molecule has 0 aliphatic heterocycles. The third kappa shape index (κ3) is 3.89. The Kier molecular flexibility index (Phi) is 5.38. The molecule has 0 spiro atoms. The van der Waals surface area contributed by atoms with Gasteiger partial charge in [0.25, 0.3) is 10.0 Å². The number of halogens is 1. The van der Waals surface area contributed by atoms with Crippen molar-refractivity contribution < 1.29 is 17.9 Å². The third-order valence-electron chi connectivity index (χ3n) is 3.33. The molecule has 0 saturated carbocycles. The fraction of sp³-hybridized carbons (Fsp3) is 0.250. The molecule has 0 aliphatic rings. The van der Waals surface area contributed by atoms with E-state index in [1.54, 1.807) is 36.4 Å². The molecule has 2 rings (SSSR count). The molecule has 5 nitrogen and oxygen atoms in total. The van der Waals surface area contributed by atoms with Crippen molar-refractivity contribution >= 4 is 27.3 Å². The summed E-state index contributed by atoms with van der Waals surface area (Å²) in [5, 5.41) is 0. The number of hydrogen-bond acceptors (Lipinski definition) is 4. The zero-order valence-corrected chi connectivity index (χ0v) is 14.7. The highest BCUT2D eigenvalue weighted by molar-refractivity contribution is 7.92. The van der Waals surface area contributed by atoms with Crippen molar-refractivity contribution in [3.05, 3.63) is 47.5 Å². The Labute approximate surface area is 141 Å². The lowest BCUT2D eigenvalue weighted by molar-refractivity contribution is 0.355. The fourth-order valence-electron chi connectivity index (χ4n) is 2.05. The number of sulfonamides is 1. The van der Waals surface area contributed by atoms with Gasteiger partial charge < -0.3 is 9.47 Å². The number of anilines is 1. The zero-order valence-electron chi connectivity index (χ0n) is 13.1. The van der Waals surface area contributed by atoms with E-state index in [1.165, 1.54) is 14.2 Å². The van der Waals surface area contributed by atoms with Gasteiger partial charge in [-0.1, -0.05) is 17.7 Å². The first kappa shape index (κ1) is 17.4. The van der Waals surface area contributed by atoms with E-state index >= 15 is 0 Å². The molecular formula is C16H18ClNO4S. The number of ether oxygens (including phenoxy) is 2. The number of nitrogens with one attached hydrogen (secondary N) is 1. The summed E-state index contributed by atoms with van der Waals surface area (Å²) in [7, 11) is -0.724. The summed E-state index contributed by atoms with van der Waals surface area (Å²) in [5.41, 5.74) is 1.94. The van der Waals surface area contributed by atoms with Crippen LogP contribution in [0.1, 0.15) is 11.1 Å². The van der Waals surface area contributed by atoms with Gasteiger partial charge in [0.15, 0.2) is 11.5 Å². The maximum atomic E-state index is 12.5. The normalized spacial score (nSPS) is 11.1. The highest BCUT2D eigenvalue weighted by Gasteiger charge is 2.18. The molecule has 23 heavy (non-hydrogen) atoms. The monoisotopic (exact) mass is 355 g/mol. The predicted molar refractivity (Wildman–Crippen MR) is 91.1 cm³/mol. The van der Waals surface area contributed by atoms with Crippen molar-refractivity contribution in [2.75, 3.05) is 18.9 Å². The predicted octanol–water partition coefficient (Wildman–Crippen LogP) is 3.55. The molecule has 0 saturated heterocycles. The van der Waals surface area contributed by atoms with Crippen LogP contribution in [0.15, 0.2) is 41.3 Å². The molecule has 0 atom stereocenters. The maximum Gasteiger partial charge on any atom is 0.261 e. The van der Waals surface area contributed by atoms with E-state index in [1.807, 2.05) is 6.92 Å². The van der Waals surface area contributed by atoms with Crippen LogP contribution in [0.25, 0.3) is 0 Å². The van der Waals surface area contributed by atoms with Crippen molar-refractivity contribution in [3.63, 3.8) is 0 Å². The van der Waals surface area contributed by atoms with Crippen molar-refractivity contribution in [1.82, 2.24) is 0 Å². The van der Waals surface area contributed by atoms with Crippen LogP contribution in [-0.2, 0) is 15.9 Å². The molecule has 0 fully saturated rings. The van der Waals surface area contributed by atoms with Gasteiger partial charge in [-0.25, -0.2) is 8.42 Å². The standard InChI is InChI=1S/C16H18ClNO4S/c1-11-4-6-13(7-5-11)23(19,20)18-14-9-16(22-3)15(21-2)8-12(14)10-17/h4-9,18H,10H2,1-3H3. The van der Waals surface area contributed by atoms with Crippen LogP contribution in [-0.4, -0.2) is 22.6 Å². The van der Waals surface area contributed by atoms with Crippen LogP contribution in [0.4, 0.5) is 5.69 Å². The van der Waals surface area contributed by atoms with Gasteiger partial charge in [-0.15, -0.1) is 11.6 Å². The highest BCUT2D eigenvalue weighted by Crippen LogP contribution is 2.35. The molecule has 124 valence electrons. The number of methoxy groups -OCH3 is 2. The summed E-state index contributed by atoms with van der Waals surface area (Å²) in [4.78, 5) is 0.179. The van der Waals surface area contributed by atoms with Crippen LogP contribution in [0, 0.1) is 6.92 Å². The number of hydrogen-bond donors (Lipinski definition) is 1. The van der Waals surface area contributed by atoms with E-state index in [9.17, 15) is 8.42 Å². The van der Waals surface area contributed by atoms with Gasteiger partial charge >= 0.3 is 0 Å². The van der Waals surface area contributed by atoms with Gasteiger partial charge in [-0.3, -0.25) is 4.72 Å². The Bertz CT molecular complexity index is 788. The molecule has 0 aliphatic carbocycles.